The molecule has 5 nitrogen and oxygen atoms in total. The van der Waals surface area contributed by atoms with Gasteiger partial charge in [0, 0.05) is 15.8 Å². The van der Waals surface area contributed by atoms with Crippen LogP contribution in [0.3, 0.4) is 0 Å². The Labute approximate surface area is 205 Å². The number of hydrogen-bond donors (Lipinski definition) is 1. The fourth-order valence-electron chi connectivity index (χ4n) is 3.58. The second kappa shape index (κ2) is 10.1. The third-order valence-electron chi connectivity index (χ3n) is 5.13. The molecule has 1 aliphatic rings. The lowest BCUT2D eigenvalue weighted by molar-refractivity contribution is -0.117. The number of halogens is 1. The summed E-state index contributed by atoms with van der Waals surface area (Å²) in [4.78, 5) is 28.0. The predicted octanol–water partition coefficient (Wildman–Crippen LogP) is 5.82. The van der Waals surface area contributed by atoms with E-state index in [-0.39, 0.29) is 11.5 Å². The average Bonchev–Trinajstić information content (AvgIpc) is 3.11. The number of thioether (sulfide) groups is 1. The summed E-state index contributed by atoms with van der Waals surface area (Å²) >= 11 is 4.67. The number of carbonyl (C=O) groups is 2. The molecule has 1 atom stereocenters. The first kappa shape index (κ1) is 22.8. The van der Waals surface area contributed by atoms with E-state index in [9.17, 15) is 14.9 Å². The van der Waals surface area contributed by atoms with E-state index in [0.29, 0.717) is 22.8 Å². The summed E-state index contributed by atoms with van der Waals surface area (Å²) in [5.41, 5.74) is 3.25. The Bertz CT molecular complexity index is 1270. The number of aryl methyl sites for hydroxylation is 1. The maximum atomic E-state index is 13.5. The molecule has 0 aliphatic carbocycles. The number of hydrogen-bond acceptors (Lipinski definition) is 4. The van der Waals surface area contributed by atoms with Gasteiger partial charge in [-0.1, -0.05) is 75.7 Å². The second-order valence-corrected chi connectivity index (χ2v) is 9.67. The van der Waals surface area contributed by atoms with Crippen molar-refractivity contribution in [3.05, 3.63) is 105 Å². The second-order valence-electron chi connectivity index (χ2n) is 7.56. The summed E-state index contributed by atoms with van der Waals surface area (Å²) in [5, 5.41) is 12.6. The average molecular weight is 518 g/mol. The zero-order chi connectivity index (χ0) is 23.4. The number of para-hydroxylation sites is 1. The predicted molar refractivity (Wildman–Crippen MR) is 136 cm³/mol. The van der Waals surface area contributed by atoms with Crippen LogP contribution in [-0.2, 0) is 16.0 Å². The summed E-state index contributed by atoms with van der Waals surface area (Å²) in [6.07, 6.45) is 0.501. The van der Waals surface area contributed by atoms with Crippen LogP contribution < -0.4 is 10.2 Å². The minimum Gasteiger partial charge on any atom is -0.321 e. The molecule has 1 saturated heterocycles. The van der Waals surface area contributed by atoms with Gasteiger partial charge < -0.3 is 5.32 Å². The minimum absolute atomic E-state index is 0.0909. The van der Waals surface area contributed by atoms with Crippen LogP contribution in [0, 0.1) is 18.3 Å². The molecule has 0 saturated carbocycles. The SMILES string of the molecule is Cc1cccc(C[C@@H]2S/C(=C(/C#N)C(=O)Nc3ccccc3)N(c3ccc(Br)cc3)C2=O)c1. The van der Waals surface area contributed by atoms with Crippen molar-refractivity contribution in [2.24, 2.45) is 0 Å². The van der Waals surface area contributed by atoms with Crippen LogP contribution in [0.25, 0.3) is 0 Å². The van der Waals surface area contributed by atoms with Crippen LogP contribution >= 0.6 is 27.7 Å². The van der Waals surface area contributed by atoms with Gasteiger partial charge in [-0.2, -0.15) is 5.26 Å². The van der Waals surface area contributed by atoms with E-state index >= 15 is 0 Å². The Morgan fingerprint density at radius 3 is 2.48 bits per heavy atom. The van der Waals surface area contributed by atoms with Crippen LogP contribution in [0.1, 0.15) is 11.1 Å². The Morgan fingerprint density at radius 1 is 1.09 bits per heavy atom. The first-order chi connectivity index (χ1) is 16.0. The molecule has 33 heavy (non-hydrogen) atoms. The molecule has 1 N–H and O–H groups in total. The van der Waals surface area contributed by atoms with Crippen molar-refractivity contribution < 1.29 is 9.59 Å². The summed E-state index contributed by atoms with van der Waals surface area (Å²) in [6.45, 7) is 2.01. The third-order valence-corrected chi connectivity index (χ3v) is 6.92. The van der Waals surface area contributed by atoms with E-state index in [1.807, 2.05) is 55.5 Å². The summed E-state index contributed by atoms with van der Waals surface area (Å²) in [7, 11) is 0. The number of nitrogens with one attached hydrogen (secondary N) is 1. The number of nitriles is 1. The fourth-order valence-corrected chi connectivity index (χ4v) is 5.15. The number of amides is 2. The lowest BCUT2D eigenvalue weighted by Crippen LogP contribution is -2.30. The molecule has 0 bridgehead atoms. The van der Waals surface area contributed by atoms with Crippen LogP contribution in [0.5, 0.6) is 0 Å². The van der Waals surface area contributed by atoms with Gasteiger partial charge in [0.15, 0.2) is 0 Å². The maximum Gasteiger partial charge on any atom is 0.269 e. The van der Waals surface area contributed by atoms with E-state index in [1.165, 1.54) is 16.7 Å². The van der Waals surface area contributed by atoms with E-state index in [2.05, 4.69) is 21.2 Å². The van der Waals surface area contributed by atoms with Gasteiger partial charge in [-0.15, -0.1) is 0 Å². The monoisotopic (exact) mass is 517 g/mol. The van der Waals surface area contributed by atoms with Crippen molar-refractivity contribution >= 4 is 50.9 Å². The smallest absolute Gasteiger partial charge is 0.269 e. The van der Waals surface area contributed by atoms with Gasteiger partial charge in [0.05, 0.1) is 5.25 Å². The molecule has 164 valence electrons. The molecular formula is C26H20BrN3O2S. The number of rotatable bonds is 5. The standard InChI is InChI=1S/C26H20BrN3O2S/c1-17-6-5-7-18(14-17)15-23-25(32)30(21-12-10-19(27)11-13-21)26(33-23)22(16-28)24(31)29-20-8-3-2-4-9-20/h2-14,23H,15H2,1H3,(H,29,31)/b26-22-/t23-/m0/s1. The number of anilines is 2. The van der Waals surface area contributed by atoms with Crippen LogP contribution in [-0.4, -0.2) is 17.1 Å². The highest BCUT2D eigenvalue weighted by molar-refractivity contribution is 9.10. The van der Waals surface area contributed by atoms with E-state index in [1.54, 1.807) is 36.4 Å². The first-order valence-corrected chi connectivity index (χ1v) is 12.0. The minimum atomic E-state index is -0.544. The van der Waals surface area contributed by atoms with Crippen molar-refractivity contribution in [1.29, 1.82) is 5.26 Å². The molecule has 1 fully saturated rings. The van der Waals surface area contributed by atoms with Crippen LogP contribution in [0.2, 0.25) is 0 Å². The first-order valence-electron chi connectivity index (χ1n) is 10.3. The molecule has 2 amide bonds. The molecule has 3 aromatic rings. The van der Waals surface area contributed by atoms with Gasteiger partial charge in [-0.3, -0.25) is 14.5 Å². The fraction of sp³-hybridized carbons (Fsp3) is 0.115. The molecule has 1 heterocycles. The van der Waals surface area contributed by atoms with E-state index < -0.39 is 11.2 Å². The normalized spacial score (nSPS) is 16.9. The summed E-state index contributed by atoms with van der Waals surface area (Å²) in [6, 6.07) is 26.2. The number of benzene rings is 3. The van der Waals surface area contributed by atoms with Gasteiger partial charge in [-0.05, 0) is 55.3 Å². The Hall–Kier alpha value is -3.34. The number of nitrogens with zero attached hydrogens (tertiary/aromatic N) is 2. The molecule has 0 radical (unpaired) electrons. The molecule has 4 rings (SSSR count). The third kappa shape index (κ3) is 5.19. The highest BCUT2D eigenvalue weighted by atomic mass is 79.9. The van der Waals surface area contributed by atoms with E-state index in [0.717, 1.165) is 15.6 Å². The number of carbonyl (C=O) groups excluding carboxylic acids is 2. The molecule has 7 heteroatoms. The van der Waals surface area contributed by atoms with Crippen molar-refractivity contribution in [1.82, 2.24) is 0 Å². The summed E-state index contributed by atoms with van der Waals surface area (Å²) < 4.78 is 0.870. The van der Waals surface area contributed by atoms with Gasteiger partial charge in [0.1, 0.15) is 16.7 Å². The highest BCUT2D eigenvalue weighted by Gasteiger charge is 2.40. The van der Waals surface area contributed by atoms with Crippen molar-refractivity contribution in [3.63, 3.8) is 0 Å². The maximum absolute atomic E-state index is 13.5. The lowest BCUT2D eigenvalue weighted by Gasteiger charge is -2.19. The van der Waals surface area contributed by atoms with Crippen molar-refractivity contribution in [2.75, 3.05) is 10.2 Å². The Balaban J connectivity index is 1.73. The highest BCUT2D eigenvalue weighted by Crippen LogP contribution is 2.42. The zero-order valence-corrected chi connectivity index (χ0v) is 20.2. The quantitative estimate of drug-likeness (QED) is 0.341. The Kier molecular flexibility index (Phi) is 6.97. The van der Waals surface area contributed by atoms with Crippen LogP contribution in [0.15, 0.2) is 93.9 Å². The zero-order valence-electron chi connectivity index (χ0n) is 17.8. The van der Waals surface area contributed by atoms with Crippen LogP contribution in [0.4, 0.5) is 11.4 Å². The van der Waals surface area contributed by atoms with Crippen molar-refractivity contribution in [2.45, 2.75) is 18.6 Å². The molecule has 0 unspecified atom stereocenters. The molecular weight excluding hydrogens is 498 g/mol. The lowest BCUT2D eigenvalue weighted by atomic mass is 10.1. The molecule has 1 aliphatic heterocycles. The van der Waals surface area contributed by atoms with E-state index in [4.69, 9.17) is 0 Å². The van der Waals surface area contributed by atoms with Gasteiger partial charge in [0.2, 0.25) is 5.91 Å². The Morgan fingerprint density at radius 2 is 1.82 bits per heavy atom. The van der Waals surface area contributed by atoms with Gasteiger partial charge in [0.25, 0.3) is 5.91 Å². The molecule has 0 aromatic heterocycles. The molecule has 0 spiro atoms. The largest absolute Gasteiger partial charge is 0.321 e. The van der Waals surface area contributed by atoms with Crippen molar-refractivity contribution in [3.8, 4) is 6.07 Å². The topological polar surface area (TPSA) is 73.2 Å². The van der Waals surface area contributed by atoms with Gasteiger partial charge >= 0.3 is 0 Å². The van der Waals surface area contributed by atoms with Gasteiger partial charge in [-0.25, -0.2) is 0 Å². The summed E-state index contributed by atoms with van der Waals surface area (Å²) in [5.74, 6) is -0.698. The molecule has 3 aromatic carbocycles.